The standard InChI is InChI=1S/C13H15NO4/c1-4-18-13(15)12-6-5-11(14(16)17)8-10(12)7-9(2)3/h5-8H,4H2,1-3H3. The summed E-state index contributed by atoms with van der Waals surface area (Å²) in [4.78, 5) is 21.9. The molecule has 0 aliphatic carbocycles. The number of benzene rings is 1. The number of nitro benzene ring substituents is 1. The van der Waals surface area contributed by atoms with Gasteiger partial charge in [-0.15, -0.1) is 0 Å². The van der Waals surface area contributed by atoms with Crippen LogP contribution in [0.2, 0.25) is 0 Å². The van der Waals surface area contributed by atoms with E-state index in [0.29, 0.717) is 11.1 Å². The van der Waals surface area contributed by atoms with Crippen LogP contribution in [0.3, 0.4) is 0 Å². The number of allylic oxidation sites excluding steroid dienone is 1. The van der Waals surface area contributed by atoms with Gasteiger partial charge in [-0.3, -0.25) is 10.1 Å². The molecule has 5 heteroatoms. The molecule has 0 aliphatic rings. The molecule has 5 nitrogen and oxygen atoms in total. The highest BCUT2D eigenvalue weighted by Gasteiger charge is 2.15. The van der Waals surface area contributed by atoms with Crippen molar-refractivity contribution >= 4 is 17.7 Å². The fourth-order valence-electron chi connectivity index (χ4n) is 1.49. The third-order valence-corrected chi connectivity index (χ3v) is 2.19. The second-order valence-electron chi connectivity index (χ2n) is 3.97. The second-order valence-corrected chi connectivity index (χ2v) is 3.97. The molecule has 0 aliphatic heterocycles. The molecular formula is C13H15NO4. The average Bonchev–Trinajstić information content (AvgIpc) is 2.28. The van der Waals surface area contributed by atoms with Crippen LogP contribution in [0, 0.1) is 10.1 Å². The highest BCUT2D eigenvalue weighted by atomic mass is 16.6. The zero-order valence-electron chi connectivity index (χ0n) is 10.6. The molecule has 1 rings (SSSR count). The van der Waals surface area contributed by atoms with E-state index < -0.39 is 10.9 Å². The second kappa shape index (κ2) is 5.95. The molecule has 0 unspecified atom stereocenters. The van der Waals surface area contributed by atoms with Gasteiger partial charge in [-0.25, -0.2) is 4.79 Å². The first-order chi connectivity index (χ1) is 8.45. The first kappa shape index (κ1) is 13.9. The Morgan fingerprint density at radius 3 is 2.61 bits per heavy atom. The van der Waals surface area contributed by atoms with E-state index in [9.17, 15) is 14.9 Å². The summed E-state index contributed by atoms with van der Waals surface area (Å²) in [7, 11) is 0. The topological polar surface area (TPSA) is 69.4 Å². The fourth-order valence-corrected chi connectivity index (χ4v) is 1.49. The van der Waals surface area contributed by atoms with Gasteiger partial charge >= 0.3 is 5.97 Å². The fraction of sp³-hybridized carbons (Fsp3) is 0.308. The number of esters is 1. The van der Waals surface area contributed by atoms with Gasteiger partial charge in [-0.1, -0.05) is 11.6 Å². The molecule has 0 radical (unpaired) electrons. The lowest BCUT2D eigenvalue weighted by Crippen LogP contribution is -2.07. The molecule has 0 N–H and O–H groups in total. The van der Waals surface area contributed by atoms with E-state index in [4.69, 9.17) is 4.74 Å². The Balaban J connectivity index is 3.29. The predicted octanol–water partition coefficient (Wildman–Crippen LogP) is 3.19. The minimum absolute atomic E-state index is 0.0458. The van der Waals surface area contributed by atoms with Crippen molar-refractivity contribution in [1.82, 2.24) is 0 Å². The minimum Gasteiger partial charge on any atom is -0.462 e. The SMILES string of the molecule is CCOC(=O)c1ccc([N+](=O)[O-])cc1C=C(C)C. The highest BCUT2D eigenvalue weighted by Crippen LogP contribution is 2.21. The zero-order valence-corrected chi connectivity index (χ0v) is 10.6. The molecule has 0 atom stereocenters. The van der Waals surface area contributed by atoms with Gasteiger partial charge < -0.3 is 4.74 Å². The van der Waals surface area contributed by atoms with E-state index in [1.807, 2.05) is 13.8 Å². The summed E-state index contributed by atoms with van der Waals surface area (Å²) in [6, 6.07) is 4.10. The summed E-state index contributed by atoms with van der Waals surface area (Å²) >= 11 is 0. The van der Waals surface area contributed by atoms with Crippen molar-refractivity contribution < 1.29 is 14.5 Å². The van der Waals surface area contributed by atoms with E-state index in [1.54, 1.807) is 13.0 Å². The van der Waals surface area contributed by atoms with Gasteiger partial charge in [-0.05, 0) is 32.4 Å². The Morgan fingerprint density at radius 2 is 2.11 bits per heavy atom. The van der Waals surface area contributed by atoms with Crippen LogP contribution in [0.4, 0.5) is 5.69 Å². The number of rotatable bonds is 4. The number of ether oxygens (including phenoxy) is 1. The number of nitro groups is 1. The summed E-state index contributed by atoms with van der Waals surface area (Å²) in [5.41, 5.74) is 1.74. The maximum atomic E-state index is 11.7. The summed E-state index contributed by atoms with van der Waals surface area (Å²) < 4.78 is 4.91. The lowest BCUT2D eigenvalue weighted by Gasteiger charge is -2.06. The molecule has 0 heterocycles. The largest absolute Gasteiger partial charge is 0.462 e. The van der Waals surface area contributed by atoms with Crippen LogP contribution in [0.1, 0.15) is 36.7 Å². The highest BCUT2D eigenvalue weighted by molar-refractivity contribution is 5.94. The van der Waals surface area contributed by atoms with Crippen molar-refractivity contribution in [3.63, 3.8) is 0 Å². The molecule has 0 bridgehead atoms. The van der Waals surface area contributed by atoms with E-state index >= 15 is 0 Å². The van der Waals surface area contributed by atoms with Gasteiger partial charge in [0.15, 0.2) is 0 Å². The molecule has 0 spiro atoms. The van der Waals surface area contributed by atoms with Crippen molar-refractivity contribution in [2.75, 3.05) is 6.61 Å². The molecule has 96 valence electrons. The van der Waals surface area contributed by atoms with Gasteiger partial charge in [0.25, 0.3) is 5.69 Å². The normalized spacial score (nSPS) is 9.72. The van der Waals surface area contributed by atoms with Crippen molar-refractivity contribution in [1.29, 1.82) is 0 Å². The van der Waals surface area contributed by atoms with Gasteiger partial charge in [0, 0.05) is 12.1 Å². The van der Waals surface area contributed by atoms with Crippen molar-refractivity contribution in [2.24, 2.45) is 0 Å². The van der Waals surface area contributed by atoms with Gasteiger partial charge in [0.1, 0.15) is 0 Å². The third-order valence-electron chi connectivity index (χ3n) is 2.19. The quantitative estimate of drug-likeness (QED) is 0.466. The molecule has 0 amide bonds. The van der Waals surface area contributed by atoms with E-state index in [0.717, 1.165) is 5.57 Å². The summed E-state index contributed by atoms with van der Waals surface area (Å²) in [5, 5.41) is 10.7. The molecule has 0 aromatic heterocycles. The lowest BCUT2D eigenvalue weighted by molar-refractivity contribution is -0.384. The maximum absolute atomic E-state index is 11.7. The van der Waals surface area contributed by atoms with Crippen molar-refractivity contribution in [2.45, 2.75) is 20.8 Å². The number of carbonyl (C=O) groups is 1. The Morgan fingerprint density at radius 1 is 1.44 bits per heavy atom. The Hall–Kier alpha value is -2.17. The molecule has 0 fully saturated rings. The Kier molecular flexibility index (Phi) is 4.59. The number of nitrogens with zero attached hydrogens (tertiary/aromatic N) is 1. The molecule has 1 aromatic rings. The summed E-state index contributed by atoms with van der Waals surface area (Å²) in [5.74, 6) is -0.472. The number of non-ortho nitro benzene ring substituents is 1. The first-order valence-electron chi connectivity index (χ1n) is 5.56. The van der Waals surface area contributed by atoms with Crippen LogP contribution in [-0.4, -0.2) is 17.5 Å². The lowest BCUT2D eigenvalue weighted by atomic mass is 10.0. The Labute approximate surface area is 105 Å². The predicted molar refractivity (Wildman–Crippen MR) is 68.4 cm³/mol. The van der Waals surface area contributed by atoms with Crippen molar-refractivity contribution in [3.8, 4) is 0 Å². The van der Waals surface area contributed by atoms with E-state index in [1.165, 1.54) is 18.2 Å². The molecular weight excluding hydrogens is 234 g/mol. The third kappa shape index (κ3) is 3.41. The average molecular weight is 249 g/mol. The van der Waals surface area contributed by atoms with Crippen LogP contribution < -0.4 is 0 Å². The molecule has 0 saturated carbocycles. The summed E-state index contributed by atoms with van der Waals surface area (Å²) in [6.07, 6.45) is 1.72. The smallest absolute Gasteiger partial charge is 0.338 e. The van der Waals surface area contributed by atoms with Crippen LogP contribution in [0.5, 0.6) is 0 Å². The number of hydrogen-bond donors (Lipinski definition) is 0. The van der Waals surface area contributed by atoms with Gasteiger partial charge in [-0.2, -0.15) is 0 Å². The maximum Gasteiger partial charge on any atom is 0.338 e. The van der Waals surface area contributed by atoms with Crippen LogP contribution in [0.25, 0.3) is 6.08 Å². The van der Waals surface area contributed by atoms with Crippen molar-refractivity contribution in [3.05, 3.63) is 45.0 Å². The number of carbonyl (C=O) groups excluding carboxylic acids is 1. The van der Waals surface area contributed by atoms with Crippen LogP contribution in [0.15, 0.2) is 23.8 Å². The van der Waals surface area contributed by atoms with Gasteiger partial charge in [0.05, 0.1) is 17.1 Å². The van der Waals surface area contributed by atoms with E-state index in [-0.39, 0.29) is 12.3 Å². The first-order valence-corrected chi connectivity index (χ1v) is 5.56. The number of hydrogen-bond acceptors (Lipinski definition) is 4. The van der Waals surface area contributed by atoms with Gasteiger partial charge in [0.2, 0.25) is 0 Å². The zero-order chi connectivity index (χ0) is 13.7. The minimum atomic E-state index is -0.489. The molecule has 1 aromatic carbocycles. The van der Waals surface area contributed by atoms with Crippen LogP contribution in [-0.2, 0) is 4.74 Å². The monoisotopic (exact) mass is 249 g/mol. The van der Waals surface area contributed by atoms with Crippen LogP contribution >= 0.6 is 0 Å². The molecule has 18 heavy (non-hydrogen) atoms. The Bertz CT molecular complexity index is 502. The van der Waals surface area contributed by atoms with E-state index in [2.05, 4.69) is 0 Å². The summed E-state index contributed by atoms with van der Waals surface area (Å²) in [6.45, 7) is 5.69. The molecule has 0 saturated heterocycles.